The second-order valence-corrected chi connectivity index (χ2v) is 9.92. The van der Waals surface area contributed by atoms with Crippen molar-refractivity contribution in [2.24, 2.45) is 0 Å². The van der Waals surface area contributed by atoms with Gasteiger partial charge in [0.25, 0.3) is 0 Å². The van der Waals surface area contributed by atoms with Crippen molar-refractivity contribution in [2.45, 2.75) is 36.1 Å². The van der Waals surface area contributed by atoms with Crippen LogP contribution >= 0.6 is 11.6 Å². The summed E-state index contributed by atoms with van der Waals surface area (Å²) in [5.41, 5.74) is 0.487. The highest BCUT2D eigenvalue weighted by atomic mass is 35.5. The lowest BCUT2D eigenvalue weighted by atomic mass is 9.72. The number of alkyl halides is 1. The summed E-state index contributed by atoms with van der Waals surface area (Å²) in [6.45, 7) is 1.28. The van der Waals surface area contributed by atoms with Gasteiger partial charge in [0.1, 0.15) is 22.7 Å². The summed E-state index contributed by atoms with van der Waals surface area (Å²) < 4.78 is 23.9. The van der Waals surface area contributed by atoms with Gasteiger partial charge in [0.2, 0.25) is 5.88 Å². The molecule has 0 bridgehead atoms. The first-order chi connectivity index (χ1) is 17.3. The predicted molar refractivity (Wildman–Crippen MR) is 134 cm³/mol. The van der Waals surface area contributed by atoms with Crippen LogP contribution in [-0.4, -0.2) is 48.4 Å². The second-order valence-electron chi connectivity index (χ2n) is 9.53. The second kappa shape index (κ2) is 9.36. The third-order valence-electron chi connectivity index (χ3n) is 7.36. The largest absolute Gasteiger partial charge is 0.481 e. The number of aliphatic hydroxyl groups is 1. The molecule has 0 spiro atoms. The number of ether oxygens (including phenoxy) is 2. The molecular weight excluding hydrogens is 481 g/mol. The molecule has 3 atom stereocenters. The van der Waals surface area contributed by atoms with Crippen molar-refractivity contribution in [2.75, 3.05) is 27.2 Å². The van der Waals surface area contributed by atoms with Crippen molar-refractivity contribution in [1.82, 2.24) is 9.88 Å². The van der Waals surface area contributed by atoms with Gasteiger partial charge in [-0.2, -0.15) is 5.26 Å². The summed E-state index contributed by atoms with van der Waals surface area (Å²) >= 11 is 6.20. The van der Waals surface area contributed by atoms with Crippen LogP contribution in [0.4, 0.5) is 4.39 Å². The summed E-state index contributed by atoms with van der Waals surface area (Å²) in [6, 6.07) is 21.0. The van der Waals surface area contributed by atoms with Crippen LogP contribution in [0.15, 0.2) is 60.7 Å². The van der Waals surface area contributed by atoms with E-state index in [0.717, 1.165) is 11.1 Å². The molecule has 3 heterocycles. The van der Waals surface area contributed by atoms with Gasteiger partial charge in [-0.25, -0.2) is 9.37 Å². The average molecular weight is 508 g/mol. The molecule has 1 aromatic heterocycles. The fourth-order valence-corrected chi connectivity index (χ4v) is 5.93. The van der Waals surface area contributed by atoms with E-state index in [1.165, 1.54) is 7.11 Å². The quantitative estimate of drug-likeness (QED) is 0.506. The molecule has 8 heteroatoms. The van der Waals surface area contributed by atoms with E-state index in [1.54, 1.807) is 18.2 Å². The summed E-state index contributed by atoms with van der Waals surface area (Å²) in [5, 5.41) is 21.7. The van der Waals surface area contributed by atoms with Crippen molar-refractivity contribution in [3.05, 3.63) is 88.1 Å². The number of benzene rings is 2. The number of hydrogen-bond donors (Lipinski definition) is 1. The number of nitrogens with zero attached hydrogens (tertiary/aromatic N) is 3. The molecule has 3 aromatic rings. The first kappa shape index (κ1) is 24.5. The molecular formula is C28H27ClFN3O3. The zero-order chi connectivity index (χ0) is 25.5. The molecule has 2 aromatic carbocycles. The van der Waals surface area contributed by atoms with Crippen molar-refractivity contribution in [1.29, 1.82) is 5.26 Å². The van der Waals surface area contributed by atoms with Gasteiger partial charge in [-0.3, -0.25) is 0 Å². The Labute approximate surface area is 214 Å². The van der Waals surface area contributed by atoms with Crippen molar-refractivity contribution in [3.8, 4) is 17.7 Å². The van der Waals surface area contributed by atoms with E-state index < -0.39 is 17.4 Å². The Balaban J connectivity index is 0.000000391. The third kappa shape index (κ3) is 3.81. The lowest BCUT2D eigenvalue weighted by molar-refractivity contribution is -0.106. The Morgan fingerprint density at radius 2 is 1.89 bits per heavy atom. The lowest BCUT2D eigenvalue weighted by Crippen LogP contribution is -2.48. The zero-order valence-electron chi connectivity index (χ0n) is 20.1. The van der Waals surface area contributed by atoms with E-state index in [0.29, 0.717) is 42.8 Å². The number of methoxy groups -OCH3 is 1. The Hall–Kier alpha value is -3.18. The number of hydrogen-bond acceptors (Lipinski definition) is 6. The maximum absolute atomic E-state index is 12.2. The maximum Gasteiger partial charge on any atom is 0.224 e. The highest BCUT2D eigenvalue weighted by Gasteiger charge is 2.69. The van der Waals surface area contributed by atoms with Crippen LogP contribution in [0.3, 0.4) is 0 Å². The minimum Gasteiger partial charge on any atom is -0.481 e. The topological polar surface area (TPSA) is 78.6 Å². The van der Waals surface area contributed by atoms with Crippen LogP contribution in [0.1, 0.15) is 41.0 Å². The number of aromatic nitrogens is 1. The Morgan fingerprint density at radius 1 is 1.19 bits per heavy atom. The molecule has 0 amide bonds. The van der Waals surface area contributed by atoms with Gasteiger partial charge in [0.15, 0.2) is 5.60 Å². The predicted octanol–water partition coefficient (Wildman–Crippen LogP) is 4.94. The fourth-order valence-electron chi connectivity index (χ4n) is 5.75. The maximum atomic E-state index is 12.2. The van der Waals surface area contributed by atoms with Gasteiger partial charge in [0, 0.05) is 25.1 Å². The highest BCUT2D eigenvalue weighted by Crippen LogP contribution is 2.68. The molecule has 1 saturated carbocycles. The van der Waals surface area contributed by atoms with E-state index in [9.17, 15) is 14.8 Å². The summed E-state index contributed by atoms with van der Waals surface area (Å²) in [6.07, 6.45) is 0.653. The van der Waals surface area contributed by atoms with E-state index in [-0.39, 0.29) is 17.0 Å². The molecule has 186 valence electrons. The molecule has 2 fully saturated rings. The number of fused-ring (bicyclic) bond motifs is 3. The van der Waals surface area contributed by atoms with Crippen LogP contribution in [-0.2, 0) is 11.2 Å². The first-order valence-corrected chi connectivity index (χ1v) is 12.2. The first-order valence-electron chi connectivity index (χ1n) is 11.9. The van der Waals surface area contributed by atoms with Crippen molar-refractivity contribution >= 4 is 11.6 Å². The lowest BCUT2D eigenvalue weighted by Gasteiger charge is -2.40. The molecule has 3 unspecified atom stereocenters. The van der Waals surface area contributed by atoms with E-state index >= 15 is 0 Å². The van der Waals surface area contributed by atoms with Crippen molar-refractivity contribution in [3.63, 3.8) is 0 Å². The highest BCUT2D eigenvalue weighted by molar-refractivity contribution is 6.29. The van der Waals surface area contributed by atoms with Crippen LogP contribution < -0.4 is 9.47 Å². The Kier molecular flexibility index (Phi) is 6.37. The molecule has 3 aliphatic rings. The minimum absolute atomic E-state index is 0.118. The smallest absolute Gasteiger partial charge is 0.224 e. The molecule has 1 N–H and O–H groups in total. The molecule has 36 heavy (non-hydrogen) atoms. The SMILES string of the molecule is CN1CC(F)C1.COc1nc(Cl)cc2c1C1(O)CCC(c3ccccc3)C1(c1ccc(C#N)cc1)O2. The molecule has 1 aliphatic carbocycles. The Bertz CT molecular complexity index is 1290. The van der Waals surface area contributed by atoms with Gasteiger partial charge in [0.05, 0.1) is 24.3 Å². The van der Waals surface area contributed by atoms with Crippen molar-refractivity contribution < 1.29 is 19.0 Å². The van der Waals surface area contributed by atoms with Crippen LogP contribution in [0.25, 0.3) is 0 Å². The zero-order valence-corrected chi connectivity index (χ0v) is 20.9. The summed E-state index contributed by atoms with van der Waals surface area (Å²) in [4.78, 5) is 6.23. The number of halogens is 2. The van der Waals surface area contributed by atoms with Crippen LogP contribution in [0.2, 0.25) is 5.15 Å². The number of pyridine rings is 1. The standard InChI is InChI=1S/C24H19ClN2O3.C4H8FN/c1-29-22-21-19(13-20(25)27-22)30-24(17-9-7-15(14-26)8-10-17)18(11-12-23(21,24)28)16-5-3-2-4-6-16;1-6-2-4(5)3-6/h2-10,13,18,28H,11-12H2,1H3;4H,2-3H2,1H3. The molecule has 6 nitrogen and oxygen atoms in total. The number of likely N-dealkylation sites (tertiary alicyclic amines) is 1. The van der Waals surface area contributed by atoms with Gasteiger partial charge in [-0.15, -0.1) is 0 Å². The molecule has 1 saturated heterocycles. The van der Waals surface area contributed by atoms with Gasteiger partial charge < -0.3 is 19.5 Å². The fraction of sp³-hybridized carbons (Fsp3) is 0.357. The molecule has 2 aliphatic heterocycles. The summed E-state index contributed by atoms with van der Waals surface area (Å²) in [5.74, 6) is 0.621. The normalized spacial score (nSPS) is 26.5. The monoisotopic (exact) mass is 507 g/mol. The van der Waals surface area contributed by atoms with Gasteiger partial charge >= 0.3 is 0 Å². The van der Waals surface area contributed by atoms with Gasteiger partial charge in [-0.05, 0) is 43.1 Å². The number of rotatable bonds is 3. The number of nitriles is 1. The molecule has 6 rings (SSSR count). The minimum atomic E-state index is -1.36. The third-order valence-corrected chi connectivity index (χ3v) is 7.55. The van der Waals surface area contributed by atoms with E-state index in [2.05, 4.69) is 23.2 Å². The average Bonchev–Trinajstić information content (AvgIpc) is 3.30. The van der Waals surface area contributed by atoms with E-state index in [4.69, 9.17) is 21.1 Å². The van der Waals surface area contributed by atoms with Crippen LogP contribution in [0.5, 0.6) is 11.6 Å². The molecule has 0 radical (unpaired) electrons. The van der Waals surface area contributed by atoms with Gasteiger partial charge in [-0.1, -0.05) is 54.1 Å². The summed E-state index contributed by atoms with van der Waals surface area (Å²) in [7, 11) is 3.42. The van der Waals surface area contributed by atoms with Crippen LogP contribution in [0, 0.1) is 11.3 Å². The Morgan fingerprint density at radius 3 is 2.44 bits per heavy atom. The van der Waals surface area contributed by atoms with E-state index in [1.807, 2.05) is 42.3 Å².